The number of likely N-dealkylation sites (N-methyl/N-ethyl adjacent to an activating group) is 1. The van der Waals surface area contributed by atoms with Gasteiger partial charge in [-0.05, 0) is 58.0 Å². The molecule has 0 spiro atoms. The Labute approximate surface area is 125 Å². The highest BCUT2D eigenvalue weighted by Gasteiger charge is 2.41. The van der Waals surface area contributed by atoms with E-state index in [-0.39, 0.29) is 5.54 Å². The van der Waals surface area contributed by atoms with E-state index in [1.54, 1.807) is 0 Å². The van der Waals surface area contributed by atoms with Gasteiger partial charge in [0.05, 0.1) is 0 Å². The SMILES string of the molecule is CC1CN(C)CCCN1C1(CN)CCCC(C)(C)CC1. The van der Waals surface area contributed by atoms with Crippen LogP contribution in [0, 0.1) is 5.41 Å². The molecule has 2 unspecified atom stereocenters. The predicted octanol–water partition coefficient (Wildman–Crippen LogP) is 2.70. The lowest BCUT2D eigenvalue weighted by atomic mass is 9.82. The van der Waals surface area contributed by atoms with Crippen molar-refractivity contribution in [3.8, 4) is 0 Å². The maximum absolute atomic E-state index is 6.32. The number of nitrogens with zero attached hydrogens (tertiary/aromatic N) is 2. The molecule has 1 aliphatic carbocycles. The van der Waals surface area contributed by atoms with Crippen molar-refractivity contribution >= 4 is 0 Å². The molecule has 2 fully saturated rings. The first-order valence-electron chi connectivity index (χ1n) is 8.54. The minimum absolute atomic E-state index is 0.262. The van der Waals surface area contributed by atoms with Crippen molar-refractivity contribution in [1.29, 1.82) is 0 Å². The minimum Gasteiger partial charge on any atom is -0.329 e. The summed E-state index contributed by atoms with van der Waals surface area (Å²) in [5.41, 5.74) is 7.08. The van der Waals surface area contributed by atoms with E-state index in [0.717, 1.165) is 6.54 Å². The first-order valence-corrected chi connectivity index (χ1v) is 8.54. The van der Waals surface area contributed by atoms with Crippen LogP contribution in [0.5, 0.6) is 0 Å². The van der Waals surface area contributed by atoms with Gasteiger partial charge >= 0.3 is 0 Å². The zero-order chi connectivity index (χ0) is 14.8. The molecule has 3 nitrogen and oxygen atoms in total. The molecule has 0 radical (unpaired) electrons. The molecule has 1 aliphatic heterocycles. The molecule has 0 bridgehead atoms. The maximum Gasteiger partial charge on any atom is 0.0335 e. The Balaban J connectivity index is 2.16. The lowest BCUT2D eigenvalue weighted by molar-refractivity contribution is 0.0415. The first kappa shape index (κ1) is 16.3. The van der Waals surface area contributed by atoms with Crippen LogP contribution < -0.4 is 5.73 Å². The normalized spacial score (nSPS) is 37.4. The molecule has 1 saturated carbocycles. The highest BCUT2D eigenvalue weighted by atomic mass is 15.3. The van der Waals surface area contributed by atoms with Crippen molar-refractivity contribution in [1.82, 2.24) is 9.80 Å². The second kappa shape index (κ2) is 6.33. The second-order valence-electron chi connectivity index (χ2n) is 8.10. The lowest BCUT2D eigenvalue weighted by Crippen LogP contribution is -2.58. The third-order valence-corrected chi connectivity index (χ3v) is 5.80. The molecule has 118 valence electrons. The van der Waals surface area contributed by atoms with Crippen LogP contribution in [-0.2, 0) is 0 Å². The van der Waals surface area contributed by atoms with Crippen LogP contribution >= 0.6 is 0 Å². The Morgan fingerprint density at radius 2 is 1.80 bits per heavy atom. The number of rotatable bonds is 2. The largest absolute Gasteiger partial charge is 0.329 e. The van der Waals surface area contributed by atoms with Gasteiger partial charge < -0.3 is 10.6 Å². The van der Waals surface area contributed by atoms with E-state index < -0.39 is 0 Å². The molecule has 2 rings (SSSR count). The molecule has 0 aromatic carbocycles. The Morgan fingerprint density at radius 3 is 2.50 bits per heavy atom. The predicted molar refractivity (Wildman–Crippen MR) is 86.9 cm³/mol. The van der Waals surface area contributed by atoms with Crippen molar-refractivity contribution < 1.29 is 0 Å². The second-order valence-corrected chi connectivity index (χ2v) is 8.10. The van der Waals surface area contributed by atoms with Crippen molar-refractivity contribution in [2.45, 2.75) is 70.9 Å². The molecule has 2 aliphatic rings. The fraction of sp³-hybridized carbons (Fsp3) is 1.00. The van der Waals surface area contributed by atoms with Crippen molar-refractivity contribution in [2.75, 3.05) is 33.2 Å². The molecule has 1 heterocycles. The van der Waals surface area contributed by atoms with E-state index in [4.69, 9.17) is 5.73 Å². The molecule has 3 heteroatoms. The summed E-state index contributed by atoms with van der Waals surface area (Å²) in [4.78, 5) is 5.26. The molecule has 0 amide bonds. The van der Waals surface area contributed by atoms with Crippen molar-refractivity contribution in [3.63, 3.8) is 0 Å². The number of hydrogen-bond donors (Lipinski definition) is 1. The highest BCUT2D eigenvalue weighted by molar-refractivity contribution is 4.98. The molecule has 0 aromatic heterocycles. The third kappa shape index (κ3) is 3.55. The average molecular weight is 281 g/mol. The minimum atomic E-state index is 0.262. The molecular weight excluding hydrogens is 246 g/mol. The van der Waals surface area contributed by atoms with E-state index in [0.29, 0.717) is 11.5 Å². The van der Waals surface area contributed by atoms with E-state index in [2.05, 4.69) is 37.6 Å². The topological polar surface area (TPSA) is 32.5 Å². The first-order chi connectivity index (χ1) is 9.38. The monoisotopic (exact) mass is 281 g/mol. The summed E-state index contributed by atoms with van der Waals surface area (Å²) in [5.74, 6) is 0. The summed E-state index contributed by atoms with van der Waals surface area (Å²) >= 11 is 0. The quantitative estimate of drug-likeness (QED) is 0.790. The van der Waals surface area contributed by atoms with Crippen molar-refractivity contribution in [3.05, 3.63) is 0 Å². The van der Waals surface area contributed by atoms with Gasteiger partial charge in [0, 0.05) is 31.2 Å². The highest BCUT2D eigenvalue weighted by Crippen LogP contribution is 2.41. The Morgan fingerprint density at radius 1 is 1.05 bits per heavy atom. The molecule has 0 aromatic rings. The van der Waals surface area contributed by atoms with Gasteiger partial charge in [0.1, 0.15) is 0 Å². The van der Waals surface area contributed by atoms with Crippen molar-refractivity contribution in [2.24, 2.45) is 11.1 Å². The Hall–Kier alpha value is -0.120. The van der Waals surface area contributed by atoms with Gasteiger partial charge in [-0.15, -0.1) is 0 Å². The fourth-order valence-electron chi connectivity index (χ4n) is 4.40. The number of nitrogens with two attached hydrogens (primary N) is 1. The molecule has 1 saturated heterocycles. The molecule has 2 atom stereocenters. The standard InChI is InChI=1S/C17H35N3/c1-15-13-19(4)11-6-12-20(15)17(14-18)8-5-7-16(2,3)9-10-17/h15H,5-14,18H2,1-4H3. The van der Waals surface area contributed by atoms with Crippen LogP contribution in [0.2, 0.25) is 0 Å². The summed E-state index contributed by atoms with van der Waals surface area (Å²) in [5, 5.41) is 0. The van der Waals surface area contributed by atoms with Gasteiger partial charge in [0.15, 0.2) is 0 Å². The third-order valence-electron chi connectivity index (χ3n) is 5.80. The maximum atomic E-state index is 6.32. The Bertz CT molecular complexity index is 315. The van der Waals surface area contributed by atoms with Crippen LogP contribution in [0.4, 0.5) is 0 Å². The van der Waals surface area contributed by atoms with Crippen LogP contribution in [-0.4, -0.2) is 54.6 Å². The van der Waals surface area contributed by atoms with Gasteiger partial charge in [0.25, 0.3) is 0 Å². The summed E-state index contributed by atoms with van der Waals surface area (Å²) in [6.45, 7) is 11.7. The van der Waals surface area contributed by atoms with Gasteiger partial charge in [0.2, 0.25) is 0 Å². The molecule has 2 N–H and O–H groups in total. The van der Waals surface area contributed by atoms with Gasteiger partial charge in [-0.1, -0.05) is 20.3 Å². The van der Waals surface area contributed by atoms with Crippen LogP contribution in [0.3, 0.4) is 0 Å². The molecule has 20 heavy (non-hydrogen) atoms. The summed E-state index contributed by atoms with van der Waals surface area (Å²) in [7, 11) is 2.26. The van der Waals surface area contributed by atoms with E-state index in [9.17, 15) is 0 Å². The Kier molecular flexibility index (Phi) is 5.14. The number of hydrogen-bond acceptors (Lipinski definition) is 3. The zero-order valence-corrected chi connectivity index (χ0v) is 14.1. The zero-order valence-electron chi connectivity index (χ0n) is 14.1. The average Bonchev–Trinajstić information content (AvgIpc) is 2.64. The van der Waals surface area contributed by atoms with Gasteiger partial charge in [-0.25, -0.2) is 0 Å². The van der Waals surface area contributed by atoms with Gasteiger partial charge in [-0.2, -0.15) is 0 Å². The van der Waals surface area contributed by atoms with E-state index >= 15 is 0 Å². The molecular formula is C17H35N3. The summed E-state index contributed by atoms with van der Waals surface area (Å²) in [6.07, 6.45) is 7.88. The summed E-state index contributed by atoms with van der Waals surface area (Å²) in [6, 6.07) is 0.632. The smallest absolute Gasteiger partial charge is 0.0335 e. The van der Waals surface area contributed by atoms with E-state index in [1.807, 2.05) is 0 Å². The summed E-state index contributed by atoms with van der Waals surface area (Å²) < 4.78 is 0. The van der Waals surface area contributed by atoms with Crippen LogP contribution in [0.15, 0.2) is 0 Å². The van der Waals surface area contributed by atoms with Crippen LogP contribution in [0.1, 0.15) is 59.3 Å². The lowest BCUT2D eigenvalue weighted by Gasteiger charge is -2.46. The van der Waals surface area contributed by atoms with Crippen LogP contribution in [0.25, 0.3) is 0 Å². The van der Waals surface area contributed by atoms with E-state index in [1.165, 1.54) is 58.2 Å². The fourth-order valence-corrected chi connectivity index (χ4v) is 4.40. The van der Waals surface area contributed by atoms with Gasteiger partial charge in [-0.3, -0.25) is 4.90 Å².